The van der Waals surface area contributed by atoms with Crippen molar-refractivity contribution < 1.29 is 9.59 Å². The van der Waals surface area contributed by atoms with Crippen molar-refractivity contribution in [2.75, 3.05) is 5.32 Å². The van der Waals surface area contributed by atoms with E-state index in [1.165, 1.54) is 12.3 Å². The number of anilines is 1. The zero-order chi connectivity index (χ0) is 29.4. The molecule has 8 heteroatoms. The molecule has 4 nitrogen and oxygen atoms in total. The first kappa shape index (κ1) is 28.1. The molecule has 42 heavy (non-hydrogen) atoms. The minimum atomic E-state index is -2.10. The minimum Gasteiger partial charge on any atom is -0.419 e. The Kier molecular flexibility index (Phi) is 7.59. The molecule has 0 atom stereocenters. The molecular weight excluding hydrogens is 586 g/mol. The fourth-order valence-electron chi connectivity index (χ4n) is 5.56. The van der Waals surface area contributed by atoms with Gasteiger partial charge >= 0.3 is 6.85 Å². The first-order valence-corrected chi connectivity index (χ1v) is 14.5. The molecule has 0 bridgehead atoms. The molecule has 0 fully saturated rings. The zero-order valence-corrected chi connectivity index (χ0v) is 24.8. The number of amides is 1. The maximum Gasteiger partial charge on any atom is 0.320 e. The molecule has 6 aromatic carbocycles. The van der Waals surface area contributed by atoms with Gasteiger partial charge in [-0.25, -0.2) is 0 Å². The van der Waals surface area contributed by atoms with Crippen LogP contribution in [0.25, 0.3) is 32.3 Å². The second kappa shape index (κ2) is 11.3. The van der Waals surface area contributed by atoms with E-state index in [1.54, 1.807) is 0 Å². The highest BCUT2D eigenvalue weighted by Crippen LogP contribution is 2.38. The Bertz CT molecular complexity index is 1870. The fourth-order valence-corrected chi connectivity index (χ4v) is 6.01. The number of rotatable bonds is 7. The zero-order valence-electron chi connectivity index (χ0n) is 22.5. The van der Waals surface area contributed by atoms with Crippen molar-refractivity contribution in [3.8, 4) is 0 Å². The molecule has 6 aromatic rings. The average molecular weight is 610 g/mol. The predicted octanol–water partition coefficient (Wildman–Crippen LogP) is 7.13. The van der Waals surface area contributed by atoms with Gasteiger partial charge in [0, 0.05) is 5.69 Å². The number of allylic oxidation sites excluding steroid dienone is 1. The van der Waals surface area contributed by atoms with Gasteiger partial charge < -0.3 is 10.5 Å². The number of hydrogen-bond acceptors (Lipinski definition) is 3. The third kappa shape index (κ3) is 5.44. The van der Waals surface area contributed by atoms with Gasteiger partial charge in [-0.1, -0.05) is 149 Å². The summed E-state index contributed by atoms with van der Waals surface area (Å²) in [6.45, 7) is 0.783. The number of ketones is 1. The monoisotopic (exact) mass is 608 g/mol. The molecule has 6 rings (SSSR count). The normalized spacial score (nSPS) is 12.4. The number of halogens is 3. The van der Waals surface area contributed by atoms with E-state index < -0.39 is 22.3 Å². The van der Waals surface area contributed by atoms with Crippen LogP contribution in [0.2, 0.25) is 0 Å². The van der Waals surface area contributed by atoms with E-state index in [-0.39, 0.29) is 11.3 Å². The summed E-state index contributed by atoms with van der Waals surface area (Å²) in [6, 6.07) is 37.3. The highest BCUT2D eigenvalue weighted by molar-refractivity contribution is 6.84. The van der Waals surface area contributed by atoms with E-state index in [1.807, 2.05) is 91.0 Å². The van der Waals surface area contributed by atoms with Crippen molar-refractivity contribution in [3.63, 3.8) is 0 Å². The highest BCUT2D eigenvalue weighted by atomic mass is 35.6. The molecule has 0 saturated heterocycles. The molecular formula is C34H24BCl3N2O2. The number of hydrogen-bond donors (Lipinski definition) is 2. The molecule has 0 spiro atoms. The van der Waals surface area contributed by atoms with Crippen molar-refractivity contribution in [3.05, 3.63) is 127 Å². The van der Waals surface area contributed by atoms with Crippen LogP contribution in [0.15, 0.2) is 127 Å². The Hall–Kier alpha value is -4.03. The van der Waals surface area contributed by atoms with Crippen LogP contribution in [0.5, 0.6) is 0 Å². The summed E-state index contributed by atoms with van der Waals surface area (Å²) < 4.78 is -2.10. The van der Waals surface area contributed by atoms with E-state index in [2.05, 4.69) is 34.8 Å². The number of nitrogens with one attached hydrogen (secondary N) is 2. The Morgan fingerprint density at radius 3 is 1.60 bits per heavy atom. The molecule has 0 aliphatic rings. The van der Waals surface area contributed by atoms with Gasteiger partial charge in [0.2, 0.25) is 3.79 Å². The maximum atomic E-state index is 13.8. The quantitative estimate of drug-likeness (QED) is 0.0506. The van der Waals surface area contributed by atoms with Crippen LogP contribution in [-0.4, -0.2) is 22.3 Å². The van der Waals surface area contributed by atoms with Gasteiger partial charge in [-0.3, -0.25) is 9.59 Å². The number of benzene rings is 6. The summed E-state index contributed by atoms with van der Waals surface area (Å²) in [5.41, 5.74) is 1.89. The number of alkyl halides is 3. The molecule has 0 aliphatic heterocycles. The van der Waals surface area contributed by atoms with Gasteiger partial charge in [0.1, 0.15) is 5.57 Å². The molecule has 0 radical (unpaired) electrons. The van der Waals surface area contributed by atoms with Crippen LogP contribution in [0.4, 0.5) is 5.69 Å². The van der Waals surface area contributed by atoms with Crippen LogP contribution in [-0.2, 0) is 9.59 Å². The van der Waals surface area contributed by atoms with E-state index in [0.29, 0.717) is 5.69 Å². The number of carbonyl (C=O) groups is 2. The van der Waals surface area contributed by atoms with Crippen molar-refractivity contribution in [1.82, 2.24) is 5.23 Å². The molecule has 2 N–H and O–H groups in total. The van der Waals surface area contributed by atoms with Gasteiger partial charge in [0.05, 0.1) is 5.70 Å². The smallest absolute Gasteiger partial charge is 0.320 e. The number of carbonyl (C=O) groups excluding carboxylic acids is 2. The molecule has 0 heterocycles. The standard InChI is InChI=1S/C34H24BCl3N2O2/c1-21(41)29(32(34(36,37)38)40-35(26-11-4-2-5-12-26)27-13-6-3-7-14-27)33(42)39-28-19-24-17-15-22-9-8-10-23-16-18-25(20-28)31(24)30(22)23/h2-20,40H,1H3,(H,39,42)/b32-29-. The lowest BCUT2D eigenvalue weighted by Gasteiger charge is -2.26. The van der Waals surface area contributed by atoms with Crippen LogP contribution in [0.3, 0.4) is 0 Å². The van der Waals surface area contributed by atoms with Gasteiger partial charge in [-0.05, 0) is 51.4 Å². The second-order valence-corrected chi connectivity index (χ2v) is 12.4. The lowest BCUT2D eigenvalue weighted by Crippen LogP contribution is -2.55. The first-order valence-electron chi connectivity index (χ1n) is 13.4. The van der Waals surface area contributed by atoms with Crippen LogP contribution in [0.1, 0.15) is 6.92 Å². The molecule has 0 unspecified atom stereocenters. The third-order valence-electron chi connectivity index (χ3n) is 7.39. The molecule has 0 saturated carbocycles. The number of Topliss-reactive ketones (excluding diaryl/α,β-unsaturated/α-hetero) is 1. The van der Waals surface area contributed by atoms with E-state index in [0.717, 1.165) is 37.9 Å². The van der Waals surface area contributed by atoms with Crippen molar-refractivity contribution in [1.29, 1.82) is 0 Å². The molecule has 0 aromatic heterocycles. The largest absolute Gasteiger partial charge is 0.419 e. The summed E-state index contributed by atoms with van der Waals surface area (Å²) in [5, 5.41) is 12.7. The summed E-state index contributed by atoms with van der Waals surface area (Å²) in [5.74, 6) is -1.22. The molecule has 0 aliphatic carbocycles. The van der Waals surface area contributed by atoms with Gasteiger partial charge in [-0.15, -0.1) is 0 Å². The highest BCUT2D eigenvalue weighted by Gasteiger charge is 2.37. The SMILES string of the molecule is CC(=O)/C(C(=O)Nc1cc2ccc3cccc4ccc(c1)c2c34)=C(/NB(c1ccccc1)c1ccccc1)C(Cl)(Cl)Cl. The van der Waals surface area contributed by atoms with E-state index in [9.17, 15) is 9.59 Å². The summed E-state index contributed by atoms with van der Waals surface area (Å²) in [6.07, 6.45) is 0. The maximum absolute atomic E-state index is 13.8. The lowest BCUT2D eigenvalue weighted by molar-refractivity contribution is -0.119. The summed E-state index contributed by atoms with van der Waals surface area (Å²) in [7, 11) is 0. The van der Waals surface area contributed by atoms with Gasteiger partial charge in [0.15, 0.2) is 5.78 Å². The minimum absolute atomic E-state index is 0.104. The Balaban J connectivity index is 1.43. The van der Waals surface area contributed by atoms with Gasteiger partial charge in [-0.2, -0.15) is 0 Å². The predicted molar refractivity (Wildman–Crippen MR) is 178 cm³/mol. The Morgan fingerprint density at radius 1 is 0.643 bits per heavy atom. The fraction of sp³-hybridized carbons (Fsp3) is 0.0588. The van der Waals surface area contributed by atoms with Crippen LogP contribution in [0, 0.1) is 0 Å². The average Bonchev–Trinajstić information content (AvgIpc) is 2.98. The van der Waals surface area contributed by atoms with E-state index in [4.69, 9.17) is 34.8 Å². The Labute approximate surface area is 258 Å². The Morgan fingerprint density at radius 2 is 1.12 bits per heavy atom. The van der Waals surface area contributed by atoms with E-state index >= 15 is 0 Å². The van der Waals surface area contributed by atoms with Crippen molar-refractivity contribution in [2.45, 2.75) is 10.7 Å². The summed E-state index contributed by atoms with van der Waals surface area (Å²) >= 11 is 19.4. The summed E-state index contributed by atoms with van der Waals surface area (Å²) in [4.78, 5) is 26.9. The van der Waals surface area contributed by atoms with Crippen molar-refractivity contribution in [2.24, 2.45) is 0 Å². The second-order valence-electron chi connectivity index (χ2n) is 10.2. The molecule has 1 amide bonds. The first-order chi connectivity index (χ1) is 20.2. The molecule has 206 valence electrons. The topological polar surface area (TPSA) is 58.2 Å². The van der Waals surface area contributed by atoms with Crippen LogP contribution >= 0.6 is 34.8 Å². The van der Waals surface area contributed by atoms with Crippen LogP contribution < -0.4 is 21.5 Å². The van der Waals surface area contributed by atoms with Gasteiger partial charge in [0.25, 0.3) is 5.91 Å². The lowest BCUT2D eigenvalue weighted by atomic mass is 9.50. The third-order valence-corrected chi connectivity index (χ3v) is 7.96. The van der Waals surface area contributed by atoms with Crippen molar-refractivity contribution >= 4 is 102 Å².